The third-order valence-corrected chi connectivity index (χ3v) is 6.60. The molecule has 5 rings (SSSR count). The maximum Gasteiger partial charge on any atom is 0.247 e. The standard InChI is InChI=1S/C24H24N2O5/c1-13(26-23(28)15-8-3-4-9-16(15)24(26)29)22(27)25-18-12-20-17(11-21(18)30-2)14-7-5-6-10-19(14)31-20/h5-7,10-13,15-16H,3-4,8-9H2,1-2H3,(H,25,27)/t13-,15-,16+/m0/s1. The fourth-order valence-electron chi connectivity index (χ4n) is 4.94. The Morgan fingerprint density at radius 2 is 1.74 bits per heavy atom. The van der Waals surface area contributed by atoms with Gasteiger partial charge in [-0.25, -0.2) is 0 Å². The second kappa shape index (κ2) is 7.41. The van der Waals surface area contributed by atoms with Crippen LogP contribution < -0.4 is 10.1 Å². The Morgan fingerprint density at radius 1 is 1.06 bits per heavy atom. The summed E-state index contributed by atoms with van der Waals surface area (Å²) in [6, 6.07) is 10.3. The van der Waals surface area contributed by atoms with E-state index in [0.717, 1.165) is 46.9 Å². The number of anilines is 1. The van der Waals surface area contributed by atoms with E-state index in [-0.39, 0.29) is 23.7 Å². The van der Waals surface area contributed by atoms with E-state index >= 15 is 0 Å². The van der Waals surface area contributed by atoms with Crippen molar-refractivity contribution in [3.8, 4) is 5.75 Å². The molecule has 1 saturated heterocycles. The zero-order chi connectivity index (χ0) is 21.7. The summed E-state index contributed by atoms with van der Waals surface area (Å²) < 4.78 is 11.4. The molecular weight excluding hydrogens is 396 g/mol. The first-order valence-electron chi connectivity index (χ1n) is 10.7. The molecule has 31 heavy (non-hydrogen) atoms. The first-order chi connectivity index (χ1) is 15.0. The summed E-state index contributed by atoms with van der Waals surface area (Å²) in [6.45, 7) is 1.59. The normalized spacial score (nSPS) is 22.1. The lowest BCUT2D eigenvalue weighted by Gasteiger charge is -2.23. The van der Waals surface area contributed by atoms with Crippen LogP contribution in [0.4, 0.5) is 5.69 Å². The molecule has 1 aliphatic heterocycles. The number of benzene rings is 2. The maximum absolute atomic E-state index is 13.0. The lowest BCUT2D eigenvalue weighted by atomic mass is 9.81. The van der Waals surface area contributed by atoms with Crippen molar-refractivity contribution in [1.82, 2.24) is 4.90 Å². The molecule has 0 spiro atoms. The molecule has 2 heterocycles. The topological polar surface area (TPSA) is 88.9 Å². The van der Waals surface area contributed by atoms with Crippen molar-refractivity contribution in [2.75, 3.05) is 12.4 Å². The van der Waals surface area contributed by atoms with Crippen LogP contribution in [0.15, 0.2) is 40.8 Å². The predicted octanol–water partition coefficient (Wildman–Crippen LogP) is 4.10. The summed E-state index contributed by atoms with van der Waals surface area (Å²) in [5.74, 6) is -0.966. The molecule has 1 aromatic heterocycles. The van der Waals surface area contributed by atoms with Gasteiger partial charge in [-0.15, -0.1) is 0 Å². The summed E-state index contributed by atoms with van der Waals surface area (Å²) in [6.07, 6.45) is 3.33. The Labute approximate surface area is 179 Å². The van der Waals surface area contributed by atoms with E-state index in [2.05, 4.69) is 5.32 Å². The molecule has 3 aromatic rings. The van der Waals surface area contributed by atoms with Crippen LogP contribution in [0, 0.1) is 11.8 Å². The van der Waals surface area contributed by atoms with Crippen LogP contribution in [0.2, 0.25) is 0 Å². The first kappa shape index (κ1) is 19.6. The third-order valence-electron chi connectivity index (χ3n) is 6.60. The highest BCUT2D eigenvalue weighted by molar-refractivity contribution is 6.11. The van der Waals surface area contributed by atoms with Gasteiger partial charge in [-0.05, 0) is 31.9 Å². The summed E-state index contributed by atoms with van der Waals surface area (Å²) in [4.78, 5) is 39.8. The van der Waals surface area contributed by atoms with Gasteiger partial charge in [0.1, 0.15) is 23.0 Å². The van der Waals surface area contributed by atoms with E-state index in [1.807, 2.05) is 30.3 Å². The van der Waals surface area contributed by atoms with Crippen LogP contribution in [0.1, 0.15) is 32.6 Å². The SMILES string of the molecule is COc1cc2c(cc1NC(=O)[C@H](C)N1C(=O)[C@H]3CCCC[C@H]3C1=O)oc1ccccc12. The summed E-state index contributed by atoms with van der Waals surface area (Å²) >= 11 is 0. The number of furan rings is 1. The number of methoxy groups -OCH3 is 1. The number of likely N-dealkylation sites (tertiary alicyclic amines) is 1. The Hall–Kier alpha value is -3.35. The van der Waals surface area contributed by atoms with Gasteiger partial charge in [0, 0.05) is 16.8 Å². The second-order valence-corrected chi connectivity index (χ2v) is 8.36. The van der Waals surface area contributed by atoms with Crippen LogP contribution >= 0.6 is 0 Å². The van der Waals surface area contributed by atoms with E-state index < -0.39 is 11.9 Å². The predicted molar refractivity (Wildman–Crippen MR) is 116 cm³/mol. The smallest absolute Gasteiger partial charge is 0.247 e. The van der Waals surface area contributed by atoms with E-state index in [9.17, 15) is 14.4 Å². The Kier molecular flexibility index (Phi) is 4.68. The number of imide groups is 1. The number of amides is 3. The minimum absolute atomic E-state index is 0.225. The molecule has 2 aromatic carbocycles. The largest absolute Gasteiger partial charge is 0.495 e. The number of nitrogens with one attached hydrogen (secondary N) is 1. The molecule has 2 fully saturated rings. The monoisotopic (exact) mass is 420 g/mol. The summed E-state index contributed by atoms with van der Waals surface area (Å²) in [5.41, 5.74) is 1.79. The molecule has 0 unspecified atom stereocenters. The van der Waals surface area contributed by atoms with Crippen molar-refractivity contribution in [3.05, 3.63) is 36.4 Å². The molecule has 0 radical (unpaired) electrons. The molecule has 1 aliphatic carbocycles. The highest BCUT2D eigenvalue weighted by atomic mass is 16.5. The Balaban J connectivity index is 1.43. The summed E-state index contributed by atoms with van der Waals surface area (Å²) in [7, 11) is 1.53. The zero-order valence-corrected chi connectivity index (χ0v) is 17.5. The van der Waals surface area contributed by atoms with E-state index in [4.69, 9.17) is 9.15 Å². The van der Waals surface area contributed by atoms with Crippen LogP contribution in [0.3, 0.4) is 0 Å². The molecule has 2 aliphatic rings. The molecule has 7 nitrogen and oxygen atoms in total. The number of nitrogens with zero attached hydrogens (tertiary/aromatic N) is 1. The van der Waals surface area contributed by atoms with Crippen molar-refractivity contribution in [1.29, 1.82) is 0 Å². The minimum Gasteiger partial charge on any atom is -0.495 e. The number of carbonyl (C=O) groups excluding carboxylic acids is 3. The van der Waals surface area contributed by atoms with Gasteiger partial charge in [-0.1, -0.05) is 31.0 Å². The van der Waals surface area contributed by atoms with E-state index in [0.29, 0.717) is 17.0 Å². The van der Waals surface area contributed by atoms with E-state index in [1.165, 1.54) is 7.11 Å². The van der Waals surface area contributed by atoms with Gasteiger partial charge >= 0.3 is 0 Å². The van der Waals surface area contributed by atoms with Gasteiger partial charge in [0.15, 0.2) is 0 Å². The number of ether oxygens (including phenoxy) is 1. The molecule has 160 valence electrons. The van der Waals surface area contributed by atoms with Gasteiger partial charge in [0.25, 0.3) is 0 Å². The molecule has 7 heteroatoms. The van der Waals surface area contributed by atoms with Crippen LogP contribution in [0.25, 0.3) is 21.9 Å². The number of hydrogen-bond acceptors (Lipinski definition) is 5. The van der Waals surface area contributed by atoms with Crippen molar-refractivity contribution in [2.24, 2.45) is 11.8 Å². The zero-order valence-electron chi connectivity index (χ0n) is 17.5. The average molecular weight is 420 g/mol. The average Bonchev–Trinajstić information content (AvgIpc) is 3.27. The molecule has 0 bridgehead atoms. The van der Waals surface area contributed by atoms with Crippen LogP contribution in [-0.2, 0) is 14.4 Å². The van der Waals surface area contributed by atoms with Crippen molar-refractivity contribution in [2.45, 2.75) is 38.6 Å². The highest BCUT2D eigenvalue weighted by Crippen LogP contribution is 2.40. The van der Waals surface area contributed by atoms with Gasteiger partial charge in [0.05, 0.1) is 24.6 Å². The number of fused-ring (bicyclic) bond motifs is 4. The number of rotatable bonds is 4. The number of carbonyl (C=O) groups is 3. The third kappa shape index (κ3) is 3.07. The van der Waals surface area contributed by atoms with Crippen LogP contribution in [0.5, 0.6) is 5.75 Å². The van der Waals surface area contributed by atoms with Crippen LogP contribution in [-0.4, -0.2) is 35.8 Å². The van der Waals surface area contributed by atoms with Crippen molar-refractivity contribution in [3.63, 3.8) is 0 Å². The number of para-hydroxylation sites is 1. The van der Waals surface area contributed by atoms with Gasteiger partial charge in [-0.2, -0.15) is 0 Å². The van der Waals surface area contributed by atoms with Gasteiger partial charge in [-0.3, -0.25) is 19.3 Å². The number of hydrogen-bond donors (Lipinski definition) is 1. The molecule has 1 saturated carbocycles. The van der Waals surface area contributed by atoms with Gasteiger partial charge in [0.2, 0.25) is 17.7 Å². The summed E-state index contributed by atoms with van der Waals surface area (Å²) in [5, 5.41) is 4.67. The maximum atomic E-state index is 13.0. The lowest BCUT2D eigenvalue weighted by molar-refractivity contribution is -0.146. The fourth-order valence-corrected chi connectivity index (χ4v) is 4.94. The Bertz CT molecular complexity index is 1190. The second-order valence-electron chi connectivity index (χ2n) is 8.36. The van der Waals surface area contributed by atoms with Crippen molar-refractivity contribution < 1.29 is 23.5 Å². The molecular formula is C24H24N2O5. The lowest BCUT2D eigenvalue weighted by Crippen LogP contribution is -2.46. The Morgan fingerprint density at radius 3 is 2.42 bits per heavy atom. The fraction of sp³-hybridized carbons (Fsp3) is 0.375. The quantitative estimate of drug-likeness (QED) is 0.642. The van der Waals surface area contributed by atoms with Crippen molar-refractivity contribution >= 4 is 45.3 Å². The highest BCUT2D eigenvalue weighted by Gasteiger charge is 2.50. The van der Waals surface area contributed by atoms with E-state index in [1.54, 1.807) is 13.0 Å². The molecule has 3 atom stereocenters. The first-order valence-corrected chi connectivity index (χ1v) is 10.7. The minimum atomic E-state index is -0.901. The molecule has 1 N–H and O–H groups in total. The molecule has 3 amide bonds. The van der Waals surface area contributed by atoms with Gasteiger partial charge < -0.3 is 14.5 Å².